The Balaban J connectivity index is 1.55. The van der Waals surface area contributed by atoms with Crippen LogP contribution in [-0.2, 0) is 11.2 Å². The Morgan fingerprint density at radius 1 is 1.09 bits per heavy atom. The Morgan fingerprint density at radius 3 is 2.53 bits per heavy atom. The van der Waals surface area contributed by atoms with Crippen LogP contribution in [-0.4, -0.2) is 49.0 Å². The molecular formula is C23H25N3O4S2. The lowest BCUT2D eigenvalue weighted by atomic mass is 10.1. The number of methoxy groups -OCH3 is 2. The number of thiazole rings is 1. The highest BCUT2D eigenvalue weighted by molar-refractivity contribution is 7.14. The molecule has 0 spiro atoms. The van der Waals surface area contributed by atoms with Crippen LogP contribution in [0.2, 0.25) is 0 Å². The van der Waals surface area contributed by atoms with E-state index >= 15 is 0 Å². The van der Waals surface area contributed by atoms with Crippen LogP contribution in [0.4, 0.5) is 5.69 Å². The Hall–Kier alpha value is -2.91. The fourth-order valence-electron chi connectivity index (χ4n) is 3.69. The van der Waals surface area contributed by atoms with E-state index in [0.717, 1.165) is 29.8 Å². The van der Waals surface area contributed by atoms with Gasteiger partial charge in [0, 0.05) is 35.5 Å². The number of carbonyl (C=O) groups excluding carboxylic acids is 2. The molecular weight excluding hydrogens is 446 g/mol. The fourth-order valence-corrected chi connectivity index (χ4v) is 5.22. The molecule has 1 aliphatic rings. The maximum absolute atomic E-state index is 13.2. The van der Waals surface area contributed by atoms with Gasteiger partial charge in [-0.2, -0.15) is 11.3 Å². The summed E-state index contributed by atoms with van der Waals surface area (Å²) in [6, 6.07) is 5.30. The van der Waals surface area contributed by atoms with Crippen molar-refractivity contribution in [3.8, 4) is 22.1 Å². The summed E-state index contributed by atoms with van der Waals surface area (Å²) in [5, 5.41) is 9.71. The average Bonchev–Trinajstić information content (AvgIpc) is 3.51. The highest BCUT2D eigenvalue weighted by atomic mass is 32.1. The summed E-state index contributed by atoms with van der Waals surface area (Å²) in [6.45, 7) is 1.43. The van der Waals surface area contributed by atoms with Gasteiger partial charge in [0.25, 0.3) is 5.91 Å². The van der Waals surface area contributed by atoms with E-state index in [4.69, 9.17) is 9.47 Å². The highest BCUT2D eigenvalue weighted by Crippen LogP contribution is 2.34. The number of nitrogens with one attached hydrogen (secondary N) is 1. The van der Waals surface area contributed by atoms with Crippen LogP contribution in [0.25, 0.3) is 10.6 Å². The Bertz CT molecular complexity index is 1090. The van der Waals surface area contributed by atoms with Gasteiger partial charge in [-0.05, 0) is 36.8 Å². The van der Waals surface area contributed by atoms with E-state index in [-0.39, 0.29) is 18.2 Å². The lowest BCUT2D eigenvalue weighted by Gasteiger charge is -2.28. The minimum absolute atomic E-state index is 0.116. The van der Waals surface area contributed by atoms with Crippen molar-refractivity contribution in [1.29, 1.82) is 0 Å². The molecule has 4 rings (SSSR count). The summed E-state index contributed by atoms with van der Waals surface area (Å²) in [5.41, 5.74) is 2.56. The topological polar surface area (TPSA) is 80.8 Å². The van der Waals surface area contributed by atoms with Crippen LogP contribution in [0.3, 0.4) is 0 Å². The first-order chi connectivity index (χ1) is 15.6. The number of carbonyl (C=O) groups is 2. The van der Waals surface area contributed by atoms with Gasteiger partial charge in [-0.15, -0.1) is 11.3 Å². The second-order valence-electron chi connectivity index (χ2n) is 7.49. The van der Waals surface area contributed by atoms with E-state index in [1.807, 2.05) is 27.1 Å². The van der Waals surface area contributed by atoms with E-state index in [2.05, 4.69) is 10.3 Å². The molecule has 2 aromatic heterocycles. The van der Waals surface area contributed by atoms with E-state index in [9.17, 15) is 9.59 Å². The number of anilines is 1. The Kier molecular flexibility index (Phi) is 7.06. The minimum Gasteiger partial charge on any atom is -0.493 e. The van der Waals surface area contributed by atoms with Gasteiger partial charge in [0.1, 0.15) is 5.01 Å². The average molecular weight is 472 g/mol. The predicted molar refractivity (Wildman–Crippen MR) is 127 cm³/mol. The number of hydrogen-bond donors (Lipinski definition) is 1. The lowest BCUT2D eigenvalue weighted by molar-refractivity contribution is -0.115. The molecule has 0 atom stereocenters. The molecule has 0 aliphatic carbocycles. The van der Waals surface area contributed by atoms with Gasteiger partial charge in [0.15, 0.2) is 11.5 Å². The van der Waals surface area contributed by atoms with Crippen molar-refractivity contribution in [2.24, 2.45) is 0 Å². The molecule has 32 heavy (non-hydrogen) atoms. The Labute approximate surface area is 195 Å². The van der Waals surface area contributed by atoms with Crippen molar-refractivity contribution in [3.05, 3.63) is 45.6 Å². The number of benzene rings is 1. The van der Waals surface area contributed by atoms with E-state index in [1.165, 1.54) is 25.6 Å². The van der Waals surface area contributed by atoms with Crippen molar-refractivity contribution in [1.82, 2.24) is 9.88 Å². The molecule has 1 fully saturated rings. The Morgan fingerprint density at radius 2 is 1.84 bits per heavy atom. The SMILES string of the molecule is COc1cc(NC(=O)Cc2csc(-c3ccsc3)n2)c(C(=O)N2CCCCC2)cc1OC. The molecule has 0 saturated carbocycles. The summed E-state index contributed by atoms with van der Waals surface area (Å²) in [5.74, 6) is 0.540. The summed E-state index contributed by atoms with van der Waals surface area (Å²) < 4.78 is 10.8. The number of nitrogens with zero attached hydrogens (tertiary/aromatic N) is 2. The molecule has 168 valence electrons. The number of piperidine rings is 1. The van der Waals surface area contributed by atoms with Gasteiger partial charge >= 0.3 is 0 Å². The fraction of sp³-hybridized carbons (Fsp3) is 0.348. The summed E-state index contributed by atoms with van der Waals surface area (Å²) >= 11 is 3.12. The van der Waals surface area contributed by atoms with E-state index in [1.54, 1.807) is 23.5 Å². The summed E-state index contributed by atoms with van der Waals surface area (Å²) in [4.78, 5) is 32.5. The highest BCUT2D eigenvalue weighted by Gasteiger charge is 2.24. The van der Waals surface area contributed by atoms with Gasteiger partial charge in [-0.1, -0.05) is 0 Å². The van der Waals surface area contributed by atoms with E-state index < -0.39 is 0 Å². The van der Waals surface area contributed by atoms with Crippen molar-refractivity contribution in [2.75, 3.05) is 32.6 Å². The van der Waals surface area contributed by atoms with Gasteiger partial charge in [0.05, 0.1) is 37.6 Å². The third-order valence-electron chi connectivity index (χ3n) is 5.33. The predicted octanol–water partition coefficient (Wildman–Crippen LogP) is 4.70. The van der Waals surface area contributed by atoms with Crippen molar-refractivity contribution >= 4 is 40.2 Å². The molecule has 0 unspecified atom stereocenters. The van der Waals surface area contributed by atoms with E-state index in [0.29, 0.717) is 41.5 Å². The molecule has 9 heteroatoms. The lowest BCUT2D eigenvalue weighted by Crippen LogP contribution is -2.36. The number of likely N-dealkylation sites (tertiary alicyclic amines) is 1. The maximum atomic E-state index is 13.2. The first-order valence-corrected chi connectivity index (χ1v) is 12.2. The van der Waals surface area contributed by atoms with Crippen LogP contribution in [0.1, 0.15) is 35.3 Å². The van der Waals surface area contributed by atoms with Crippen LogP contribution >= 0.6 is 22.7 Å². The molecule has 3 heterocycles. The zero-order valence-corrected chi connectivity index (χ0v) is 19.7. The zero-order chi connectivity index (χ0) is 22.5. The molecule has 1 aromatic carbocycles. The number of hydrogen-bond acceptors (Lipinski definition) is 7. The minimum atomic E-state index is -0.243. The first-order valence-electron chi connectivity index (χ1n) is 10.4. The zero-order valence-electron chi connectivity index (χ0n) is 18.1. The van der Waals surface area contributed by atoms with Crippen LogP contribution in [0, 0.1) is 0 Å². The first kappa shape index (κ1) is 22.3. The third-order valence-corrected chi connectivity index (χ3v) is 6.96. The molecule has 1 N–H and O–H groups in total. The van der Waals surface area contributed by atoms with Crippen molar-refractivity contribution < 1.29 is 19.1 Å². The number of thiophene rings is 1. The molecule has 1 aliphatic heterocycles. The van der Waals surface area contributed by atoms with Gasteiger partial charge in [-0.3, -0.25) is 9.59 Å². The standard InChI is InChI=1S/C23H25N3O4S2/c1-29-19-11-17(23(28)26-7-4-3-5-8-26)18(12-20(19)30-2)25-21(27)10-16-14-32-22(24-16)15-6-9-31-13-15/h6,9,11-14H,3-5,7-8,10H2,1-2H3,(H,25,27). The third kappa shape index (κ3) is 4.94. The normalized spacial score (nSPS) is 13.6. The van der Waals surface area contributed by atoms with Crippen LogP contribution in [0.5, 0.6) is 11.5 Å². The molecule has 0 radical (unpaired) electrons. The van der Waals surface area contributed by atoms with Crippen molar-refractivity contribution in [2.45, 2.75) is 25.7 Å². The summed E-state index contributed by atoms with van der Waals surface area (Å²) in [7, 11) is 3.05. The number of aromatic nitrogens is 1. The second kappa shape index (κ2) is 10.1. The number of amides is 2. The number of ether oxygens (including phenoxy) is 2. The molecule has 7 nitrogen and oxygen atoms in total. The summed E-state index contributed by atoms with van der Waals surface area (Å²) in [6.07, 6.45) is 3.21. The van der Waals surface area contributed by atoms with Crippen LogP contribution in [0.15, 0.2) is 34.3 Å². The van der Waals surface area contributed by atoms with Gasteiger partial charge in [-0.25, -0.2) is 4.98 Å². The molecule has 1 saturated heterocycles. The molecule has 2 amide bonds. The second-order valence-corrected chi connectivity index (χ2v) is 9.12. The van der Waals surface area contributed by atoms with Gasteiger partial charge in [0.2, 0.25) is 5.91 Å². The van der Waals surface area contributed by atoms with Crippen LogP contribution < -0.4 is 14.8 Å². The largest absolute Gasteiger partial charge is 0.493 e. The monoisotopic (exact) mass is 471 g/mol. The quantitative estimate of drug-likeness (QED) is 0.540. The molecule has 3 aromatic rings. The molecule has 0 bridgehead atoms. The maximum Gasteiger partial charge on any atom is 0.256 e. The van der Waals surface area contributed by atoms with Crippen molar-refractivity contribution in [3.63, 3.8) is 0 Å². The van der Waals surface area contributed by atoms with Gasteiger partial charge < -0.3 is 19.7 Å². The smallest absolute Gasteiger partial charge is 0.256 e. The number of rotatable bonds is 7.